The van der Waals surface area contributed by atoms with E-state index in [9.17, 15) is 13.2 Å². The molecule has 1 amide bonds. The van der Waals surface area contributed by atoms with E-state index in [0.29, 0.717) is 49.0 Å². The average molecular weight is 437 g/mol. The third kappa shape index (κ3) is 5.22. The summed E-state index contributed by atoms with van der Waals surface area (Å²) in [6, 6.07) is 7.30. The monoisotopic (exact) mass is 436 g/mol. The molecule has 8 heteroatoms. The zero-order chi connectivity index (χ0) is 21.9. The van der Waals surface area contributed by atoms with Crippen molar-refractivity contribution in [3.8, 4) is 0 Å². The summed E-state index contributed by atoms with van der Waals surface area (Å²) in [7, 11) is -3.53. The number of sulfonamides is 1. The normalized spacial score (nSPS) is 24.4. The van der Waals surface area contributed by atoms with Crippen molar-refractivity contribution in [3.05, 3.63) is 29.8 Å². The highest BCUT2D eigenvalue weighted by Gasteiger charge is 2.35. The molecule has 0 radical (unpaired) electrons. The van der Waals surface area contributed by atoms with Crippen LogP contribution in [-0.2, 0) is 14.8 Å². The van der Waals surface area contributed by atoms with Crippen molar-refractivity contribution in [1.29, 1.82) is 0 Å². The standard InChI is InChI=1S/C22H36N4O3S/c1-5-17(4)18-6-8-20(9-7-18)30(28,29)26-12-10-25(11-13-26)22(27)21-15-19(23-24-21)14-16(2)3/h6-9,16-17,19,21,23-24H,5,10-15H2,1-4H3. The predicted molar refractivity (Wildman–Crippen MR) is 118 cm³/mol. The van der Waals surface area contributed by atoms with Gasteiger partial charge in [0, 0.05) is 32.2 Å². The summed E-state index contributed by atoms with van der Waals surface area (Å²) in [5.74, 6) is 1.05. The fourth-order valence-electron chi connectivity index (χ4n) is 4.23. The number of rotatable bonds is 7. The first-order valence-electron chi connectivity index (χ1n) is 11.1. The molecule has 1 aromatic carbocycles. The van der Waals surface area contributed by atoms with Gasteiger partial charge in [-0.2, -0.15) is 4.31 Å². The Hall–Kier alpha value is -1.48. The van der Waals surface area contributed by atoms with Crippen LogP contribution in [0.15, 0.2) is 29.2 Å². The van der Waals surface area contributed by atoms with Gasteiger partial charge in [0.2, 0.25) is 15.9 Å². The van der Waals surface area contributed by atoms with Crippen LogP contribution in [0.3, 0.4) is 0 Å². The Morgan fingerprint density at radius 2 is 1.70 bits per heavy atom. The van der Waals surface area contributed by atoms with E-state index in [1.54, 1.807) is 17.0 Å². The van der Waals surface area contributed by atoms with Crippen LogP contribution in [0.5, 0.6) is 0 Å². The van der Waals surface area contributed by atoms with Gasteiger partial charge < -0.3 is 4.90 Å². The van der Waals surface area contributed by atoms with Gasteiger partial charge in [0.25, 0.3) is 0 Å². The van der Waals surface area contributed by atoms with Crippen molar-refractivity contribution in [2.45, 2.75) is 69.9 Å². The zero-order valence-electron chi connectivity index (χ0n) is 18.6. The highest BCUT2D eigenvalue weighted by molar-refractivity contribution is 7.89. The van der Waals surface area contributed by atoms with Crippen LogP contribution in [-0.4, -0.2) is 61.8 Å². The molecule has 2 aliphatic rings. The first-order valence-corrected chi connectivity index (χ1v) is 12.6. The molecule has 1 aromatic rings. The molecule has 2 fully saturated rings. The van der Waals surface area contributed by atoms with Crippen molar-refractivity contribution >= 4 is 15.9 Å². The lowest BCUT2D eigenvalue weighted by Crippen LogP contribution is -2.54. The van der Waals surface area contributed by atoms with E-state index >= 15 is 0 Å². The summed E-state index contributed by atoms with van der Waals surface area (Å²) in [6.07, 6.45) is 2.82. The largest absolute Gasteiger partial charge is 0.339 e. The molecule has 2 N–H and O–H groups in total. The Morgan fingerprint density at radius 1 is 1.07 bits per heavy atom. The average Bonchev–Trinajstić information content (AvgIpc) is 3.20. The second kappa shape index (κ2) is 9.77. The minimum absolute atomic E-state index is 0.0590. The quantitative estimate of drug-likeness (QED) is 0.686. The summed E-state index contributed by atoms with van der Waals surface area (Å²) in [4.78, 5) is 15.0. The third-order valence-corrected chi connectivity index (χ3v) is 8.20. The zero-order valence-corrected chi connectivity index (χ0v) is 19.4. The molecule has 0 saturated carbocycles. The summed E-state index contributed by atoms with van der Waals surface area (Å²) in [6.45, 7) is 10.1. The van der Waals surface area contributed by atoms with Gasteiger partial charge in [-0.3, -0.25) is 10.2 Å². The van der Waals surface area contributed by atoms with Crippen LogP contribution >= 0.6 is 0 Å². The fraction of sp³-hybridized carbons (Fsp3) is 0.682. The van der Waals surface area contributed by atoms with Gasteiger partial charge in [-0.25, -0.2) is 13.8 Å². The number of hydrogen-bond acceptors (Lipinski definition) is 5. The SMILES string of the molecule is CCC(C)c1ccc(S(=O)(=O)N2CCN(C(=O)C3CC(CC(C)C)NN3)CC2)cc1. The minimum Gasteiger partial charge on any atom is -0.339 e. The number of hydrogen-bond donors (Lipinski definition) is 2. The first-order chi connectivity index (χ1) is 14.2. The van der Waals surface area contributed by atoms with Crippen LogP contribution in [0.1, 0.15) is 58.4 Å². The fourth-order valence-corrected chi connectivity index (χ4v) is 5.65. The van der Waals surface area contributed by atoms with Gasteiger partial charge >= 0.3 is 0 Å². The molecule has 2 aliphatic heterocycles. The van der Waals surface area contributed by atoms with E-state index in [4.69, 9.17) is 0 Å². The lowest BCUT2D eigenvalue weighted by atomic mass is 9.99. The maximum atomic E-state index is 13.0. The van der Waals surface area contributed by atoms with Gasteiger partial charge in [-0.05, 0) is 48.8 Å². The highest BCUT2D eigenvalue weighted by Crippen LogP contribution is 2.23. The van der Waals surface area contributed by atoms with Gasteiger partial charge in [0.05, 0.1) is 4.90 Å². The topological polar surface area (TPSA) is 81.8 Å². The van der Waals surface area contributed by atoms with Crippen LogP contribution < -0.4 is 10.9 Å². The van der Waals surface area contributed by atoms with E-state index < -0.39 is 10.0 Å². The lowest BCUT2D eigenvalue weighted by molar-refractivity contribution is -0.134. The predicted octanol–water partition coefficient (Wildman–Crippen LogP) is 2.31. The Labute approximate surface area is 181 Å². The molecule has 7 nitrogen and oxygen atoms in total. The molecule has 0 spiro atoms. The van der Waals surface area contributed by atoms with E-state index in [2.05, 4.69) is 38.5 Å². The molecular weight excluding hydrogens is 400 g/mol. The summed E-state index contributed by atoms with van der Waals surface area (Å²) < 4.78 is 27.5. The minimum atomic E-state index is -3.53. The van der Waals surface area contributed by atoms with E-state index in [-0.39, 0.29) is 11.9 Å². The second-order valence-corrected chi connectivity index (χ2v) is 10.9. The van der Waals surface area contributed by atoms with Crippen molar-refractivity contribution in [2.24, 2.45) is 5.92 Å². The van der Waals surface area contributed by atoms with Crippen LogP contribution in [0.25, 0.3) is 0 Å². The summed E-state index contributed by atoms with van der Waals surface area (Å²) in [5.41, 5.74) is 7.50. The smallest absolute Gasteiger partial charge is 0.243 e. The number of carbonyl (C=O) groups excluding carboxylic acids is 1. The van der Waals surface area contributed by atoms with Crippen molar-refractivity contribution in [2.75, 3.05) is 26.2 Å². The van der Waals surface area contributed by atoms with E-state index in [1.807, 2.05) is 12.1 Å². The van der Waals surface area contributed by atoms with Gasteiger partial charge in [-0.15, -0.1) is 0 Å². The molecule has 0 aromatic heterocycles. The molecular formula is C22H36N4O3S. The second-order valence-electron chi connectivity index (χ2n) is 9.01. The van der Waals surface area contributed by atoms with Crippen LogP contribution in [0.4, 0.5) is 0 Å². The van der Waals surface area contributed by atoms with Crippen molar-refractivity contribution < 1.29 is 13.2 Å². The summed E-state index contributed by atoms with van der Waals surface area (Å²) in [5, 5.41) is 0. The number of nitrogens with zero attached hydrogens (tertiary/aromatic N) is 2. The number of amides is 1. The molecule has 3 unspecified atom stereocenters. The number of benzene rings is 1. The number of hydrazine groups is 1. The Kier molecular flexibility index (Phi) is 7.55. The molecule has 0 aliphatic carbocycles. The summed E-state index contributed by atoms with van der Waals surface area (Å²) >= 11 is 0. The molecule has 2 heterocycles. The van der Waals surface area contributed by atoms with Gasteiger partial charge in [-0.1, -0.05) is 39.8 Å². The van der Waals surface area contributed by atoms with Gasteiger partial charge in [0.1, 0.15) is 6.04 Å². The molecule has 0 bridgehead atoms. The Balaban J connectivity index is 1.56. The molecule has 3 rings (SSSR count). The third-order valence-electron chi connectivity index (χ3n) is 6.29. The maximum absolute atomic E-state index is 13.0. The molecule has 2 saturated heterocycles. The Morgan fingerprint density at radius 3 is 2.27 bits per heavy atom. The van der Waals surface area contributed by atoms with E-state index in [0.717, 1.165) is 24.8 Å². The number of carbonyl (C=O) groups is 1. The lowest BCUT2D eigenvalue weighted by Gasteiger charge is -2.35. The van der Waals surface area contributed by atoms with Crippen molar-refractivity contribution in [3.63, 3.8) is 0 Å². The molecule has 30 heavy (non-hydrogen) atoms. The molecule has 168 valence electrons. The molecule has 3 atom stereocenters. The maximum Gasteiger partial charge on any atom is 0.243 e. The van der Waals surface area contributed by atoms with Crippen LogP contribution in [0.2, 0.25) is 0 Å². The number of nitrogens with one attached hydrogen (secondary N) is 2. The first kappa shape index (κ1) is 23.2. The number of piperazine rings is 1. The Bertz CT molecular complexity index is 817. The van der Waals surface area contributed by atoms with Gasteiger partial charge in [0.15, 0.2) is 0 Å². The van der Waals surface area contributed by atoms with Crippen molar-refractivity contribution in [1.82, 2.24) is 20.1 Å². The highest BCUT2D eigenvalue weighted by atomic mass is 32.2. The van der Waals surface area contributed by atoms with E-state index in [1.165, 1.54) is 4.31 Å². The van der Waals surface area contributed by atoms with Crippen LogP contribution in [0, 0.1) is 5.92 Å².